The molecule has 1 unspecified atom stereocenters. The first-order chi connectivity index (χ1) is 10.3. The highest BCUT2D eigenvalue weighted by atomic mass is 16.3. The molecule has 0 heterocycles. The minimum absolute atomic E-state index is 0.123. The number of hydrogen-bond donors (Lipinski definition) is 1. The van der Waals surface area contributed by atoms with Crippen LogP contribution in [0.25, 0.3) is 0 Å². The van der Waals surface area contributed by atoms with Crippen molar-refractivity contribution in [1.29, 1.82) is 0 Å². The maximum Gasteiger partial charge on any atom is 0.0543 e. The summed E-state index contributed by atoms with van der Waals surface area (Å²) in [5.41, 5.74) is 0. The second-order valence-corrected chi connectivity index (χ2v) is 5.90. The van der Waals surface area contributed by atoms with Gasteiger partial charge in [-0.05, 0) is 19.3 Å². The molecule has 0 aromatic rings. The van der Waals surface area contributed by atoms with Gasteiger partial charge in [-0.3, -0.25) is 0 Å². The molecule has 0 saturated carbocycles. The van der Waals surface area contributed by atoms with Crippen molar-refractivity contribution in [3.05, 3.63) is 37.0 Å². The molecule has 0 aliphatic rings. The molecule has 0 bridgehead atoms. The maximum atomic E-state index is 9.88. The number of rotatable bonds is 15. The Bertz CT molecular complexity index is 265. The molecule has 0 fully saturated rings. The Morgan fingerprint density at radius 2 is 1.43 bits per heavy atom. The molecule has 0 saturated heterocycles. The minimum Gasteiger partial charge on any atom is -0.393 e. The summed E-state index contributed by atoms with van der Waals surface area (Å²) in [7, 11) is 0. The van der Waals surface area contributed by atoms with Crippen LogP contribution in [0.2, 0.25) is 0 Å². The molecule has 0 aromatic carbocycles. The fraction of sp³-hybridized carbons (Fsp3) is 0.700. The van der Waals surface area contributed by atoms with Crippen LogP contribution in [0.4, 0.5) is 0 Å². The number of allylic oxidation sites excluding steroid dienone is 5. The molecule has 0 aliphatic carbocycles. The van der Waals surface area contributed by atoms with Gasteiger partial charge in [-0.1, -0.05) is 102 Å². The van der Waals surface area contributed by atoms with Gasteiger partial charge in [-0.2, -0.15) is 0 Å². The summed E-state index contributed by atoms with van der Waals surface area (Å²) in [6.07, 6.45) is 24.6. The minimum atomic E-state index is -0.123. The van der Waals surface area contributed by atoms with Gasteiger partial charge in [0.2, 0.25) is 0 Å². The van der Waals surface area contributed by atoms with E-state index in [4.69, 9.17) is 0 Å². The molecule has 21 heavy (non-hydrogen) atoms. The van der Waals surface area contributed by atoms with Gasteiger partial charge >= 0.3 is 0 Å². The molecule has 0 aliphatic heterocycles. The second-order valence-electron chi connectivity index (χ2n) is 5.90. The average Bonchev–Trinajstić information content (AvgIpc) is 2.49. The smallest absolute Gasteiger partial charge is 0.0543 e. The lowest BCUT2D eigenvalue weighted by Gasteiger charge is -2.08. The first kappa shape index (κ1) is 20.2. The van der Waals surface area contributed by atoms with Crippen LogP contribution in [-0.4, -0.2) is 11.2 Å². The SMILES string of the molecule is C=CC=CC=CCCC(O)CCCCCCCCCCC. The summed E-state index contributed by atoms with van der Waals surface area (Å²) in [4.78, 5) is 0. The Kier molecular flexibility index (Phi) is 16.6. The van der Waals surface area contributed by atoms with Gasteiger partial charge in [-0.25, -0.2) is 0 Å². The van der Waals surface area contributed by atoms with Crippen LogP contribution in [0, 0.1) is 0 Å². The molecule has 0 aromatic heterocycles. The van der Waals surface area contributed by atoms with Gasteiger partial charge in [0.05, 0.1) is 6.10 Å². The third kappa shape index (κ3) is 17.1. The van der Waals surface area contributed by atoms with Gasteiger partial charge in [-0.15, -0.1) is 0 Å². The fourth-order valence-electron chi connectivity index (χ4n) is 2.44. The molecule has 1 nitrogen and oxygen atoms in total. The Morgan fingerprint density at radius 3 is 2.05 bits per heavy atom. The van der Waals surface area contributed by atoms with Crippen molar-refractivity contribution in [2.75, 3.05) is 0 Å². The van der Waals surface area contributed by atoms with Crippen LogP contribution in [0.15, 0.2) is 37.0 Å². The van der Waals surface area contributed by atoms with E-state index in [1.54, 1.807) is 6.08 Å². The third-order valence-corrected chi connectivity index (χ3v) is 3.80. The van der Waals surface area contributed by atoms with Crippen LogP contribution >= 0.6 is 0 Å². The monoisotopic (exact) mass is 292 g/mol. The van der Waals surface area contributed by atoms with E-state index in [1.807, 2.05) is 18.2 Å². The maximum absolute atomic E-state index is 9.88. The Labute approximate surface area is 132 Å². The predicted molar refractivity (Wildman–Crippen MR) is 95.6 cm³/mol. The van der Waals surface area contributed by atoms with E-state index in [0.717, 1.165) is 19.3 Å². The number of aliphatic hydroxyl groups is 1. The highest BCUT2D eigenvalue weighted by Gasteiger charge is 2.02. The van der Waals surface area contributed by atoms with Crippen molar-refractivity contribution in [2.45, 2.75) is 90.1 Å². The van der Waals surface area contributed by atoms with Gasteiger partial charge < -0.3 is 5.11 Å². The molecular formula is C20H36O. The number of hydrogen-bond acceptors (Lipinski definition) is 1. The summed E-state index contributed by atoms with van der Waals surface area (Å²) in [5, 5.41) is 9.88. The van der Waals surface area contributed by atoms with Gasteiger partial charge in [0, 0.05) is 0 Å². The molecular weight excluding hydrogens is 256 g/mol. The summed E-state index contributed by atoms with van der Waals surface area (Å²) in [5.74, 6) is 0. The molecule has 1 atom stereocenters. The molecule has 0 amide bonds. The first-order valence-corrected chi connectivity index (χ1v) is 8.93. The normalized spacial score (nSPS) is 13.2. The lowest BCUT2D eigenvalue weighted by atomic mass is 10.0. The van der Waals surface area contributed by atoms with Crippen LogP contribution in [-0.2, 0) is 0 Å². The molecule has 0 rings (SSSR count). The van der Waals surface area contributed by atoms with E-state index >= 15 is 0 Å². The van der Waals surface area contributed by atoms with Gasteiger partial charge in [0.1, 0.15) is 0 Å². The summed E-state index contributed by atoms with van der Waals surface area (Å²) in [6.45, 7) is 5.88. The standard InChI is InChI=1S/C20H36O/c1-3-5-7-9-11-12-13-15-17-19-20(21)18-16-14-10-8-6-4-2/h4,6,8,10,14,20-21H,2-3,5,7,9,11-13,15-19H2,1H3. The van der Waals surface area contributed by atoms with Crippen LogP contribution in [0.1, 0.15) is 84.0 Å². The Morgan fingerprint density at radius 1 is 0.810 bits per heavy atom. The van der Waals surface area contributed by atoms with E-state index < -0.39 is 0 Å². The Hall–Kier alpha value is -0.820. The predicted octanol–water partition coefficient (Wildman–Crippen LogP) is 6.35. The summed E-state index contributed by atoms with van der Waals surface area (Å²) in [6, 6.07) is 0. The molecule has 1 heteroatoms. The van der Waals surface area contributed by atoms with Crippen LogP contribution in [0.5, 0.6) is 0 Å². The molecule has 0 spiro atoms. The highest BCUT2D eigenvalue weighted by molar-refractivity contribution is 5.08. The van der Waals surface area contributed by atoms with Crippen LogP contribution < -0.4 is 0 Å². The number of aliphatic hydroxyl groups excluding tert-OH is 1. The van der Waals surface area contributed by atoms with Gasteiger partial charge in [0.15, 0.2) is 0 Å². The van der Waals surface area contributed by atoms with Crippen molar-refractivity contribution < 1.29 is 5.11 Å². The van der Waals surface area contributed by atoms with Crippen molar-refractivity contribution in [2.24, 2.45) is 0 Å². The van der Waals surface area contributed by atoms with Crippen molar-refractivity contribution in [3.63, 3.8) is 0 Å². The second kappa shape index (κ2) is 17.2. The molecule has 122 valence electrons. The van der Waals surface area contributed by atoms with Crippen molar-refractivity contribution in [1.82, 2.24) is 0 Å². The zero-order valence-electron chi connectivity index (χ0n) is 14.1. The quantitative estimate of drug-likeness (QED) is 0.275. The average molecular weight is 293 g/mol. The first-order valence-electron chi connectivity index (χ1n) is 8.93. The molecule has 0 radical (unpaired) electrons. The highest BCUT2D eigenvalue weighted by Crippen LogP contribution is 2.13. The summed E-state index contributed by atoms with van der Waals surface area (Å²) >= 11 is 0. The van der Waals surface area contributed by atoms with E-state index in [-0.39, 0.29) is 6.10 Å². The zero-order valence-corrected chi connectivity index (χ0v) is 14.1. The zero-order chi connectivity index (χ0) is 15.6. The Balaban J connectivity index is 3.26. The van der Waals surface area contributed by atoms with Crippen molar-refractivity contribution in [3.8, 4) is 0 Å². The van der Waals surface area contributed by atoms with Crippen LogP contribution in [0.3, 0.4) is 0 Å². The van der Waals surface area contributed by atoms with Gasteiger partial charge in [0.25, 0.3) is 0 Å². The van der Waals surface area contributed by atoms with E-state index in [9.17, 15) is 5.11 Å². The van der Waals surface area contributed by atoms with E-state index in [1.165, 1.54) is 57.8 Å². The van der Waals surface area contributed by atoms with E-state index in [0.29, 0.717) is 0 Å². The van der Waals surface area contributed by atoms with Crippen molar-refractivity contribution >= 4 is 0 Å². The largest absolute Gasteiger partial charge is 0.393 e. The third-order valence-electron chi connectivity index (χ3n) is 3.80. The number of unbranched alkanes of at least 4 members (excludes halogenated alkanes) is 8. The van der Waals surface area contributed by atoms with E-state index in [2.05, 4.69) is 19.6 Å². The topological polar surface area (TPSA) is 20.2 Å². The summed E-state index contributed by atoms with van der Waals surface area (Å²) < 4.78 is 0. The lowest BCUT2D eigenvalue weighted by molar-refractivity contribution is 0.152. The lowest BCUT2D eigenvalue weighted by Crippen LogP contribution is -2.05. The fourth-order valence-corrected chi connectivity index (χ4v) is 2.44. The molecule has 1 N–H and O–H groups in total.